The van der Waals surface area contributed by atoms with Crippen LogP contribution >= 0.6 is 0 Å². The van der Waals surface area contributed by atoms with E-state index in [1.54, 1.807) is 32.0 Å². The zero-order valence-electron chi connectivity index (χ0n) is 13.9. The third-order valence-corrected chi connectivity index (χ3v) is 3.50. The third-order valence-electron chi connectivity index (χ3n) is 3.50. The van der Waals surface area contributed by atoms with Gasteiger partial charge in [-0.25, -0.2) is 5.43 Å². The fraction of sp³-hybridized carbons (Fsp3) is 0.294. The predicted molar refractivity (Wildman–Crippen MR) is 87.8 cm³/mol. The van der Waals surface area contributed by atoms with Crippen molar-refractivity contribution < 1.29 is 19.1 Å². The Balaban J connectivity index is 2.01. The molecule has 1 amide bonds. The summed E-state index contributed by atoms with van der Waals surface area (Å²) in [6.45, 7) is 3.27. The largest absolute Gasteiger partial charge is 0.550 e. The molecule has 132 valence electrons. The number of nitrogens with zero attached hydrogens (tertiary/aromatic N) is 2. The number of nitrogens with one attached hydrogen (secondary N) is 1. The number of pyridine rings is 1. The first kappa shape index (κ1) is 18.2. The highest BCUT2D eigenvalue weighted by Gasteiger charge is 2.11. The Hall–Kier alpha value is -3.16. The van der Waals surface area contributed by atoms with Crippen molar-refractivity contribution >= 4 is 17.6 Å². The molecule has 0 bridgehead atoms. The van der Waals surface area contributed by atoms with Crippen molar-refractivity contribution in [3.63, 3.8) is 0 Å². The Morgan fingerprint density at radius 3 is 2.80 bits per heavy atom. The van der Waals surface area contributed by atoms with Gasteiger partial charge < -0.3 is 18.9 Å². The lowest BCUT2D eigenvalue weighted by Gasteiger charge is -2.04. The number of aromatic nitrogens is 1. The van der Waals surface area contributed by atoms with Gasteiger partial charge in [0, 0.05) is 30.2 Å². The van der Waals surface area contributed by atoms with Gasteiger partial charge in [0.1, 0.15) is 18.1 Å². The molecule has 0 unspecified atom stereocenters. The van der Waals surface area contributed by atoms with Gasteiger partial charge in [-0.2, -0.15) is 5.10 Å². The molecule has 25 heavy (non-hydrogen) atoms. The average molecular weight is 344 g/mol. The molecule has 2 heterocycles. The second-order valence-corrected chi connectivity index (χ2v) is 5.45. The molecule has 0 radical (unpaired) electrons. The number of hydrogen-bond donors (Lipinski definition) is 1. The Kier molecular flexibility index (Phi) is 5.89. The number of aryl methyl sites for hydroxylation is 2. The molecule has 8 heteroatoms. The maximum Gasteiger partial charge on any atom is 0.260 e. The minimum absolute atomic E-state index is 0.134. The maximum atomic E-state index is 11.9. The van der Waals surface area contributed by atoms with Crippen LogP contribution < -0.4 is 16.1 Å². The number of amides is 1. The molecule has 2 aromatic rings. The number of carbonyl (C=O) groups is 2. The van der Waals surface area contributed by atoms with Crippen molar-refractivity contribution in [2.24, 2.45) is 5.10 Å². The molecule has 0 atom stereocenters. The van der Waals surface area contributed by atoms with E-state index in [-0.39, 0.29) is 24.9 Å². The molecule has 0 saturated heterocycles. The van der Waals surface area contributed by atoms with Crippen molar-refractivity contribution in [3.05, 3.63) is 57.9 Å². The van der Waals surface area contributed by atoms with Crippen LogP contribution in [0.4, 0.5) is 0 Å². The second-order valence-electron chi connectivity index (χ2n) is 5.45. The van der Waals surface area contributed by atoms with E-state index < -0.39 is 11.9 Å². The summed E-state index contributed by atoms with van der Waals surface area (Å²) in [7, 11) is 0. The van der Waals surface area contributed by atoms with Crippen molar-refractivity contribution in [1.82, 2.24) is 9.99 Å². The van der Waals surface area contributed by atoms with Crippen LogP contribution in [0.2, 0.25) is 0 Å². The second kappa shape index (κ2) is 8.09. The topological polar surface area (TPSA) is 117 Å². The van der Waals surface area contributed by atoms with E-state index >= 15 is 0 Å². The number of hydrazone groups is 1. The molecular formula is C17H18N3O5-. The molecule has 0 spiro atoms. The van der Waals surface area contributed by atoms with Gasteiger partial charge in [-0.3, -0.25) is 9.59 Å². The van der Waals surface area contributed by atoms with Crippen molar-refractivity contribution in [2.75, 3.05) is 0 Å². The van der Waals surface area contributed by atoms with Crippen LogP contribution in [0.25, 0.3) is 0 Å². The number of carboxylic acids is 1. The lowest BCUT2D eigenvalue weighted by molar-refractivity contribution is -0.305. The van der Waals surface area contributed by atoms with Crippen LogP contribution in [0.1, 0.15) is 30.4 Å². The van der Waals surface area contributed by atoms with E-state index in [2.05, 4.69) is 10.5 Å². The van der Waals surface area contributed by atoms with Crippen molar-refractivity contribution in [1.29, 1.82) is 0 Å². The first-order valence-corrected chi connectivity index (χ1v) is 7.65. The molecule has 1 N–H and O–H groups in total. The van der Waals surface area contributed by atoms with Crippen LogP contribution in [-0.2, 0) is 22.6 Å². The normalized spacial score (nSPS) is 11.4. The summed E-state index contributed by atoms with van der Waals surface area (Å²) in [5.41, 5.74) is 3.29. The number of aliphatic carboxylic acids is 1. The van der Waals surface area contributed by atoms with E-state index in [0.717, 1.165) is 0 Å². The van der Waals surface area contributed by atoms with Crippen LogP contribution in [0.3, 0.4) is 0 Å². The lowest BCUT2D eigenvalue weighted by Crippen LogP contribution is -2.29. The Morgan fingerprint density at radius 1 is 1.36 bits per heavy atom. The summed E-state index contributed by atoms with van der Waals surface area (Å²) >= 11 is 0. The summed E-state index contributed by atoms with van der Waals surface area (Å²) < 4.78 is 6.74. The maximum absolute atomic E-state index is 11.9. The molecule has 2 aromatic heterocycles. The van der Waals surface area contributed by atoms with E-state index in [1.165, 1.54) is 16.8 Å². The fourth-order valence-corrected chi connectivity index (χ4v) is 2.24. The highest BCUT2D eigenvalue weighted by molar-refractivity contribution is 6.00. The van der Waals surface area contributed by atoms with E-state index in [9.17, 15) is 19.5 Å². The fourth-order valence-electron chi connectivity index (χ4n) is 2.24. The van der Waals surface area contributed by atoms with Gasteiger partial charge in [0.15, 0.2) is 0 Å². The third kappa shape index (κ3) is 5.17. The smallest absolute Gasteiger partial charge is 0.260 e. The molecule has 8 nitrogen and oxygen atoms in total. The van der Waals surface area contributed by atoms with Crippen LogP contribution in [-0.4, -0.2) is 22.2 Å². The SMILES string of the molecule is C/C(=N/NC(=O)Cn1ccccc1=O)c1cc(CCC(=O)[O-])oc1C. The molecule has 0 aliphatic rings. The van der Waals surface area contributed by atoms with Crippen molar-refractivity contribution in [2.45, 2.75) is 33.2 Å². The highest BCUT2D eigenvalue weighted by Crippen LogP contribution is 2.16. The van der Waals surface area contributed by atoms with Crippen molar-refractivity contribution in [3.8, 4) is 0 Å². The van der Waals surface area contributed by atoms with Crippen LogP contribution in [0.5, 0.6) is 0 Å². The van der Waals surface area contributed by atoms with Gasteiger partial charge in [0.2, 0.25) is 0 Å². The Labute approximate surface area is 143 Å². The number of hydrogen-bond acceptors (Lipinski definition) is 6. The predicted octanol–water partition coefficient (Wildman–Crippen LogP) is -0.0274. The summed E-state index contributed by atoms with van der Waals surface area (Å²) in [5, 5.41) is 14.5. The van der Waals surface area contributed by atoms with Gasteiger partial charge in [-0.05, 0) is 32.4 Å². The molecule has 2 rings (SSSR count). The number of carboxylic acid groups (broad SMARTS) is 1. The van der Waals surface area contributed by atoms with Gasteiger partial charge in [-0.1, -0.05) is 6.07 Å². The van der Waals surface area contributed by atoms with Crippen LogP contribution in [0, 0.1) is 6.92 Å². The average Bonchev–Trinajstić information content (AvgIpc) is 2.94. The Bertz CT molecular complexity index is 863. The van der Waals surface area contributed by atoms with Gasteiger partial charge in [-0.15, -0.1) is 0 Å². The Morgan fingerprint density at radius 2 is 2.12 bits per heavy atom. The molecular weight excluding hydrogens is 326 g/mol. The number of rotatable bonds is 7. The summed E-state index contributed by atoms with van der Waals surface area (Å²) in [5.74, 6) is -0.507. The van der Waals surface area contributed by atoms with E-state index in [4.69, 9.17) is 4.42 Å². The quantitative estimate of drug-likeness (QED) is 0.559. The zero-order chi connectivity index (χ0) is 18.4. The molecule has 0 aliphatic carbocycles. The standard InChI is InChI=1S/C17H19N3O5/c1-11(14-9-13(25-12(14)2)6-7-17(23)24)18-19-15(21)10-20-8-4-3-5-16(20)22/h3-5,8-9H,6-7,10H2,1-2H3,(H,19,21)(H,23,24)/p-1/b18-11-. The highest BCUT2D eigenvalue weighted by atomic mass is 16.4. The monoisotopic (exact) mass is 344 g/mol. The number of furan rings is 1. The van der Waals surface area contributed by atoms with Gasteiger partial charge in [0.25, 0.3) is 11.5 Å². The number of carbonyl (C=O) groups excluding carboxylic acids is 2. The molecule has 0 saturated carbocycles. The van der Waals surface area contributed by atoms with E-state index in [1.807, 2.05) is 0 Å². The lowest BCUT2D eigenvalue weighted by atomic mass is 10.1. The minimum Gasteiger partial charge on any atom is -0.550 e. The summed E-state index contributed by atoms with van der Waals surface area (Å²) in [4.78, 5) is 34.0. The first-order chi connectivity index (χ1) is 11.9. The zero-order valence-corrected chi connectivity index (χ0v) is 13.9. The van der Waals surface area contributed by atoms with Crippen LogP contribution in [0.15, 0.2) is 44.8 Å². The molecule has 0 aromatic carbocycles. The molecule has 0 aliphatic heterocycles. The van der Waals surface area contributed by atoms with E-state index in [0.29, 0.717) is 22.8 Å². The summed E-state index contributed by atoms with van der Waals surface area (Å²) in [6.07, 6.45) is 1.60. The minimum atomic E-state index is -1.15. The van der Waals surface area contributed by atoms with Gasteiger partial charge in [0.05, 0.1) is 5.71 Å². The van der Waals surface area contributed by atoms with Gasteiger partial charge >= 0.3 is 0 Å². The first-order valence-electron chi connectivity index (χ1n) is 7.65. The summed E-state index contributed by atoms with van der Waals surface area (Å²) in [6, 6.07) is 6.31. The molecule has 0 fully saturated rings.